The summed E-state index contributed by atoms with van der Waals surface area (Å²) < 4.78 is 27.2. The van der Waals surface area contributed by atoms with Gasteiger partial charge in [0.15, 0.2) is 23.3 Å². The molecule has 37 heavy (non-hydrogen) atoms. The number of hydrogen-bond donors (Lipinski definition) is 0. The Hall–Kier alpha value is -4.60. The standard InChI is InChI=1S/C27H26N6O4/c1-16-12-33(17(2)31-16)20-9-21-27(29-11-20)32(15-30-21)13-18-7-22(34-3)26-23(8-18)36-14-24(37-26)19-5-6-25(35-4)28-10-19/h5-12,15,24H,13-14H2,1-4H3. The highest BCUT2D eigenvalue weighted by Crippen LogP contribution is 2.44. The molecule has 0 saturated carbocycles. The van der Waals surface area contributed by atoms with Gasteiger partial charge in [-0.05, 0) is 43.7 Å². The number of ether oxygens (including phenoxy) is 4. The summed E-state index contributed by atoms with van der Waals surface area (Å²) in [5, 5.41) is 0. The number of benzene rings is 1. The molecule has 0 fully saturated rings. The molecule has 1 aliphatic heterocycles. The fourth-order valence-electron chi connectivity index (χ4n) is 4.57. The summed E-state index contributed by atoms with van der Waals surface area (Å²) in [6.45, 7) is 4.85. The number of aryl methyl sites for hydroxylation is 2. The van der Waals surface area contributed by atoms with Crippen molar-refractivity contribution in [1.82, 2.24) is 29.1 Å². The van der Waals surface area contributed by atoms with E-state index in [-0.39, 0.29) is 6.10 Å². The first-order chi connectivity index (χ1) is 18.0. The van der Waals surface area contributed by atoms with Gasteiger partial charge < -0.3 is 28.1 Å². The van der Waals surface area contributed by atoms with Crippen molar-refractivity contribution in [2.75, 3.05) is 20.8 Å². The number of fused-ring (bicyclic) bond motifs is 2. The summed E-state index contributed by atoms with van der Waals surface area (Å²) in [5.41, 5.74) is 5.37. The number of rotatable bonds is 6. The van der Waals surface area contributed by atoms with E-state index >= 15 is 0 Å². The molecule has 1 aromatic carbocycles. The second kappa shape index (κ2) is 9.12. The Morgan fingerprint density at radius 1 is 1.03 bits per heavy atom. The summed E-state index contributed by atoms with van der Waals surface area (Å²) >= 11 is 0. The summed E-state index contributed by atoms with van der Waals surface area (Å²) in [7, 11) is 3.21. The van der Waals surface area contributed by atoms with Crippen LogP contribution in [0, 0.1) is 13.8 Å². The van der Waals surface area contributed by atoms with Crippen LogP contribution in [0.5, 0.6) is 23.1 Å². The molecule has 0 spiro atoms. The number of aromatic nitrogens is 6. The van der Waals surface area contributed by atoms with Crippen LogP contribution in [0.4, 0.5) is 0 Å². The number of nitrogens with zero attached hydrogens (tertiary/aromatic N) is 6. The topological polar surface area (TPSA) is 98.3 Å². The molecular formula is C27H26N6O4. The van der Waals surface area contributed by atoms with Gasteiger partial charge in [0.05, 0.1) is 44.7 Å². The third kappa shape index (κ3) is 4.20. The highest BCUT2D eigenvalue weighted by molar-refractivity contribution is 5.73. The van der Waals surface area contributed by atoms with Gasteiger partial charge in [-0.1, -0.05) is 0 Å². The van der Waals surface area contributed by atoms with E-state index < -0.39 is 0 Å². The Kier molecular flexibility index (Phi) is 5.63. The number of methoxy groups -OCH3 is 2. The van der Waals surface area contributed by atoms with Gasteiger partial charge in [0.1, 0.15) is 17.9 Å². The van der Waals surface area contributed by atoms with Crippen molar-refractivity contribution < 1.29 is 18.9 Å². The second-order valence-electron chi connectivity index (χ2n) is 8.88. The van der Waals surface area contributed by atoms with Crippen molar-refractivity contribution in [3.63, 3.8) is 0 Å². The summed E-state index contributed by atoms with van der Waals surface area (Å²) in [6, 6.07) is 9.67. The maximum absolute atomic E-state index is 6.27. The van der Waals surface area contributed by atoms with Gasteiger partial charge in [-0.3, -0.25) is 0 Å². The van der Waals surface area contributed by atoms with Crippen LogP contribution in [-0.4, -0.2) is 49.9 Å². The molecule has 0 N–H and O–H groups in total. The molecule has 0 aliphatic carbocycles. The fraction of sp³-hybridized carbons (Fsp3) is 0.259. The molecule has 5 heterocycles. The van der Waals surface area contributed by atoms with E-state index in [1.165, 1.54) is 0 Å². The molecule has 1 aliphatic rings. The van der Waals surface area contributed by atoms with Crippen LogP contribution in [0.3, 0.4) is 0 Å². The molecule has 0 bridgehead atoms. The maximum Gasteiger partial charge on any atom is 0.212 e. The predicted molar refractivity (Wildman–Crippen MR) is 136 cm³/mol. The lowest BCUT2D eigenvalue weighted by Crippen LogP contribution is -2.22. The van der Waals surface area contributed by atoms with Crippen LogP contribution >= 0.6 is 0 Å². The Morgan fingerprint density at radius 2 is 1.92 bits per heavy atom. The van der Waals surface area contributed by atoms with Crippen LogP contribution in [0.15, 0.2) is 55.2 Å². The zero-order valence-electron chi connectivity index (χ0n) is 21.0. The third-order valence-electron chi connectivity index (χ3n) is 6.37. The minimum atomic E-state index is -0.301. The monoisotopic (exact) mass is 498 g/mol. The van der Waals surface area contributed by atoms with Crippen molar-refractivity contribution >= 4 is 11.2 Å². The molecule has 188 valence electrons. The van der Waals surface area contributed by atoms with Crippen molar-refractivity contribution in [1.29, 1.82) is 0 Å². The third-order valence-corrected chi connectivity index (χ3v) is 6.37. The molecule has 10 heteroatoms. The van der Waals surface area contributed by atoms with Crippen LogP contribution in [0.1, 0.15) is 28.7 Å². The van der Waals surface area contributed by atoms with Crippen molar-refractivity contribution in [3.05, 3.63) is 77.9 Å². The molecule has 1 atom stereocenters. The van der Waals surface area contributed by atoms with Gasteiger partial charge in [-0.25, -0.2) is 19.9 Å². The SMILES string of the molecule is COc1ccc(C2COc3cc(Cn4cnc5cc(-n6cc(C)nc6C)cnc54)cc(OC)c3O2)cn1. The molecule has 4 aromatic heterocycles. The van der Waals surface area contributed by atoms with E-state index in [1.807, 2.05) is 59.6 Å². The lowest BCUT2D eigenvalue weighted by atomic mass is 10.1. The highest BCUT2D eigenvalue weighted by atomic mass is 16.6. The Labute approximate surface area is 213 Å². The molecule has 10 nitrogen and oxygen atoms in total. The first kappa shape index (κ1) is 22.8. The Balaban J connectivity index is 1.26. The smallest absolute Gasteiger partial charge is 0.212 e. The summed E-state index contributed by atoms with van der Waals surface area (Å²) in [6.07, 6.45) is 7.06. The number of pyridine rings is 2. The maximum atomic E-state index is 6.27. The van der Waals surface area contributed by atoms with E-state index in [1.54, 1.807) is 32.8 Å². The summed E-state index contributed by atoms with van der Waals surface area (Å²) in [5.74, 6) is 3.27. The van der Waals surface area contributed by atoms with Crippen LogP contribution in [-0.2, 0) is 6.54 Å². The van der Waals surface area contributed by atoms with E-state index in [0.29, 0.717) is 36.3 Å². The van der Waals surface area contributed by atoms with Crippen molar-refractivity contribution in [3.8, 4) is 28.8 Å². The minimum absolute atomic E-state index is 0.301. The average molecular weight is 499 g/mol. The van der Waals surface area contributed by atoms with Gasteiger partial charge in [-0.15, -0.1) is 0 Å². The first-order valence-electron chi connectivity index (χ1n) is 11.9. The van der Waals surface area contributed by atoms with Crippen molar-refractivity contribution in [2.24, 2.45) is 0 Å². The fourth-order valence-corrected chi connectivity index (χ4v) is 4.57. The molecular weight excluding hydrogens is 472 g/mol. The molecule has 0 radical (unpaired) electrons. The van der Waals surface area contributed by atoms with E-state index in [2.05, 4.69) is 15.0 Å². The zero-order chi connectivity index (χ0) is 25.5. The predicted octanol–water partition coefficient (Wildman–Crippen LogP) is 4.21. The summed E-state index contributed by atoms with van der Waals surface area (Å²) in [4.78, 5) is 18.0. The van der Waals surface area contributed by atoms with Gasteiger partial charge in [0.2, 0.25) is 11.6 Å². The molecule has 6 rings (SSSR count). The number of hydrogen-bond acceptors (Lipinski definition) is 8. The average Bonchev–Trinajstić information content (AvgIpc) is 3.49. The van der Waals surface area contributed by atoms with E-state index in [9.17, 15) is 0 Å². The van der Waals surface area contributed by atoms with Crippen LogP contribution < -0.4 is 18.9 Å². The second-order valence-corrected chi connectivity index (χ2v) is 8.88. The van der Waals surface area contributed by atoms with Crippen LogP contribution in [0.25, 0.3) is 16.9 Å². The van der Waals surface area contributed by atoms with Gasteiger partial charge >= 0.3 is 0 Å². The number of imidazole rings is 2. The minimum Gasteiger partial charge on any atom is -0.493 e. The molecule has 0 amide bonds. The first-order valence-corrected chi connectivity index (χ1v) is 11.9. The molecule has 5 aromatic rings. The quantitative estimate of drug-likeness (QED) is 0.343. The van der Waals surface area contributed by atoms with Crippen LogP contribution in [0.2, 0.25) is 0 Å². The van der Waals surface area contributed by atoms with E-state index in [0.717, 1.165) is 39.5 Å². The molecule has 0 saturated heterocycles. The van der Waals surface area contributed by atoms with Gasteiger partial charge in [0.25, 0.3) is 0 Å². The zero-order valence-corrected chi connectivity index (χ0v) is 21.0. The normalized spacial score (nSPS) is 14.6. The molecule has 1 unspecified atom stereocenters. The lowest BCUT2D eigenvalue weighted by molar-refractivity contribution is 0.0867. The van der Waals surface area contributed by atoms with Gasteiger partial charge in [0, 0.05) is 24.0 Å². The Bertz CT molecular complexity index is 1570. The Morgan fingerprint density at radius 3 is 2.65 bits per heavy atom. The lowest BCUT2D eigenvalue weighted by Gasteiger charge is -2.28. The van der Waals surface area contributed by atoms with Gasteiger partial charge in [-0.2, -0.15) is 0 Å². The largest absolute Gasteiger partial charge is 0.493 e. The van der Waals surface area contributed by atoms with Crippen molar-refractivity contribution in [2.45, 2.75) is 26.5 Å². The van der Waals surface area contributed by atoms with E-state index in [4.69, 9.17) is 23.9 Å². The highest BCUT2D eigenvalue weighted by Gasteiger charge is 2.27.